The lowest BCUT2D eigenvalue weighted by molar-refractivity contribution is 0.0378. The summed E-state index contributed by atoms with van der Waals surface area (Å²) in [5.41, 5.74) is 4.14. The first kappa shape index (κ1) is 22.9. The lowest BCUT2D eigenvalue weighted by Gasteiger charge is -2.28. The van der Waals surface area contributed by atoms with E-state index in [1.807, 2.05) is 32.2 Å². The van der Waals surface area contributed by atoms with Crippen molar-refractivity contribution in [3.8, 4) is 11.1 Å². The van der Waals surface area contributed by atoms with Crippen LogP contribution >= 0.6 is 0 Å². The van der Waals surface area contributed by atoms with Gasteiger partial charge in [0.2, 0.25) is 0 Å². The first-order valence-electron chi connectivity index (χ1n) is 11.7. The van der Waals surface area contributed by atoms with Crippen LogP contribution < -0.4 is 4.90 Å². The summed E-state index contributed by atoms with van der Waals surface area (Å²) in [7, 11) is 0. The van der Waals surface area contributed by atoms with Gasteiger partial charge in [-0.15, -0.1) is 0 Å². The van der Waals surface area contributed by atoms with Crippen molar-refractivity contribution in [1.29, 1.82) is 0 Å². The maximum absolute atomic E-state index is 12.6. The van der Waals surface area contributed by atoms with E-state index in [9.17, 15) is 4.79 Å². The number of anilines is 1. The van der Waals surface area contributed by atoms with Gasteiger partial charge in [-0.3, -0.25) is 9.88 Å². The zero-order valence-corrected chi connectivity index (χ0v) is 19.6. The van der Waals surface area contributed by atoms with Crippen LogP contribution in [-0.4, -0.2) is 52.6 Å². The molecule has 1 atom stereocenters. The van der Waals surface area contributed by atoms with Gasteiger partial charge in [-0.25, -0.2) is 9.78 Å². The third-order valence-electron chi connectivity index (χ3n) is 6.07. The number of pyridine rings is 2. The summed E-state index contributed by atoms with van der Waals surface area (Å²) >= 11 is 0. The van der Waals surface area contributed by atoms with Crippen LogP contribution in [0.3, 0.4) is 0 Å². The van der Waals surface area contributed by atoms with E-state index in [2.05, 4.69) is 57.0 Å². The Hall–Kier alpha value is -3.25. The van der Waals surface area contributed by atoms with E-state index in [1.54, 1.807) is 18.5 Å². The Morgan fingerprint density at radius 1 is 1.12 bits per heavy atom. The van der Waals surface area contributed by atoms with Crippen LogP contribution in [-0.2, 0) is 11.3 Å². The van der Waals surface area contributed by atoms with E-state index in [0.29, 0.717) is 11.6 Å². The first-order chi connectivity index (χ1) is 16.0. The molecular weight excluding hydrogens is 412 g/mol. The van der Waals surface area contributed by atoms with Crippen LogP contribution in [0, 0.1) is 0 Å². The molecule has 0 amide bonds. The highest BCUT2D eigenvalue weighted by Crippen LogP contribution is 2.26. The number of hydrogen-bond donors (Lipinski definition) is 0. The molecule has 6 nitrogen and oxygen atoms in total. The van der Waals surface area contributed by atoms with Crippen molar-refractivity contribution in [3.63, 3.8) is 0 Å². The van der Waals surface area contributed by atoms with Gasteiger partial charge in [0, 0.05) is 44.3 Å². The van der Waals surface area contributed by atoms with E-state index in [-0.39, 0.29) is 12.1 Å². The second kappa shape index (κ2) is 10.6. The molecule has 0 N–H and O–H groups in total. The topological polar surface area (TPSA) is 58.6 Å². The minimum Gasteiger partial charge on any atom is -0.459 e. The molecular formula is C27H32N4O2. The molecule has 0 unspecified atom stereocenters. The van der Waals surface area contributed by atoms with Gasteiger partial charge in [-0.1, -0.05) is 37.3 Å². The molecule has 3 aromatic rings. The van der Waals surface area contributed by atoms with Crippen LogP contribution in [0.4, 0.5) is 5.82 Å². The summed E-state index contributed by atoms with van der Waals surface area (Å²) in [6, 6.07) is 16.8. The van der Waals surface area contributed by atoms with Crippen LogP contribution in [0.5, 0.6) is 0 Å². The van der Waals surface area contributed by atoms with Crippen LogP contribution in [0.15, 0.2) is 67.1 Å². The predicted molar refractivity (Wildman–Crippen MR) is 131 cm³/mol. The van der Waals surface area contributed by atoms with Gasteiger partial charge in [0.05, 0.1) is 6.10 Å². The van der Waals surface area contributed by atoms with E-state index in [0.717, 1.165) is 44.0 Å². The number of rotatable bonds is 8. The van der Waals surface area contributed by atoms with Crippen molar-refractivity contribution in [2.24, 2.45) is 0 Å². The number of esters is 1. The fourth-order valence-corrected chi connectivity index (χ4v) is 4.39. The number of ether oxygens (including phenoxy) is 1. The summed E-state index contributed by atoms with van der Waals surface area (Å²) < 4.78 is 5.43. The van der Waals surface area contributed by atoms with Gasteiger partial charge in [0.15, 0.2) is 0 Å². The molecule has 1 aromatic carbocycles. The van der Waals surface area contributed by atoms with E-state index >= 15 is 0 Å². The molecule has 33 heavy (non-hydrogen) atoms. The Bertz CT molecular complexity index is 1050. The quantitative estimate of drug-likeness (QED) is 0.465. The molecule has 172 valence electrons. The van der Waals surface area contributed by atoms with Gasteiger partial charge in [-0.2, -0.15) is 0 Å². The molecule has 3 heterocycles. The lowest BCUT2D eigenvalue weighted by atomic mass is 10.0. The van der Waals surface area contributed by atoms with Crippen molar-refractivity contribution in [2.75, 3.05) is 24.5 Å². The predicted octanol–water partition coefficient (Wildman–Crippen LogP) is 4.81. The SMILES string of the molecule is CCN(Cc1ccc(-c2cccnc2)cc1)[C@@H]1CCN(c2ncccc2C(=O)OC(C)C)C1. The van der Waals surface area contributed by atoms with Gasteiger partial charge in [0.1, 0.15) is 11.4 Å². The largest absolute Gasteiger partial charge is 0.459 e. The number of aromatic nitrogens is 2. The second-order valence-corrected chi connectivity index (χ2v) is 8.72. The second-order valence-electron chi connectivity index (χ2n) is 8.72. The highest BCUT2D eigenvalue weighted by Gasteiger charge is 2.30. The Morgan fingerprint density at radius 3 is 2.61 bits per heavy atom. The van der Waals surface area contributed by atoms with E-state index in [4.69, 9.17) is 4.74 Å². The number of nitrogens with zero attached hydrogens (tertiary/aromatic N) is 4. The van der Waals surface area contributed by atoms with Gasteiger partial charge < -0.3 is 9.64 Å². The summed E-state index contributed by atoms with van der Waals surface area (Å²) in [5, 5.41) is 0. The number of hydrogen-bond acceptors (Lipinski definition) is 6. The zero-order valence-electron chi connectivity index (χ0n) is 19.6. The Balaban J connectivity index is 1.43. The molecule has 0 aliphatic carbocycles. The standard InChI is InChI=1S/C27H32N4O2/c1-4-30(18-21-9-11-22(12-10-21)23-7-5-14-28-17-23)24-13-16-31(19-24)26-25(8-6-15-29-26)27(32)33-20(2)3/h5-12,14-15,17,20,24H,4,13,16,18-19H2,1-3H3/t24-/m1/s1. The summed E-state index contributed by atoms with van der Waals surface area (Å²) in [6.07, 6.45) is 6.32. The molecule has 6 heteroatoms. The Morgan fingerprint density at radius 2 is 1.91 bits per heavy atom. The normalized spacial score (nSPS) is 15.9. The molecule has 0 bridgehead atoms. The van der Waals surface area contributed by atoms with Gasteiger partial charge in [0.25, 0.3) is 0 Å². The highest BCUT2D eigenvalue weighted by atomic mass is 16.5. The summed E-state index contributed by atoms with van der Waals surface area (Å²) in [6.45, 7) is 9.52. The van der Waals surface area contributed by atoms with Crippen molar-refractivity contribution in [2.45, 2.75) is 45.9 Å². The first-order valence-corrected chi connectivity index (χ1v) is 11.7. The minimum atomic E-state index is -0.308. The minimum absolute atomic E-state index is 0.156. The fraction of sp³-hybridized carbons (Fsp3) is 0.370. The van der Waals surface area contributed by atoms with Gasteiger partial charge >= 0.3 is 5.97 Å². The smallest absolute Gasteiger partial charge is 0.342 e. The van der Waals surface area contributed by atoms with E-state index in [1.165, 1.54) is 11.1 Å². The third-order valence-corrected chi connectivity index (χ3v) is 6.07. The summed E-state index contributed by atoms with van der Waals surface area (Å²) in [5.74, 6) is 0.417. The van der Waals surface area contributed by atoms with Crippen LogP contribution in [0.1, 0.15) is 43.1 Å². The molecule has 1 fully saturated rings. The average molecular weight is 445 g/mol. The molecule has 4 rings (SSSR count). The fourth-order valence-electron chi connectivity index (χ4n) is 4.39. The maximum Gasteiger partial charge on any atom is 0.342 e. The van der Waals surface area contributed by atoms with Crippen molar-refractivity contribution >= 4 is 11.8 Å². The molecule has 1 aliphatic rings. The summed E-state index contributed by atoms with van der Waals surface area (Å²) in [4.78, 5) is 26.0. The highest BCUT2D eigenvalue weighted by molar-refractivity contribution is 5.95. The molecule has 1 saturated heterocycles. The lowest BCUT2D eigenvalue weighted by Crippen LogP contribution is -2.37. The maximum atomic E-state index is 12.6. The molecule has 0 radical (unpaired) electrons. The van der Waals surface area contributed by atoms with Crippen LogP contribution in [0.2, 0.25) is 0 Å². The number of carbonyl (C=O) groups is 1. The average Bonchev–Trinajstić information content (AvgIpc) is 3.33. The number of carbonyl (C=O) groups excluding carboxylic acids is 1. The molecule has 0 saturated carbocycles. The number of benzene rings is 1. The molecule has 0 spiro atoms. The molecule has 1 aliphatic heterocycles. The van der Waals surface area contributed by atoms with Crippen LogP contribution in [0.25, 0.3) is 11.1 Å². The van der Waals surface area contributed by atoms with Gasteiger partial charge in [-0.05, 0) is 61.7 Å². The molecule has 2 aromatic heterocycles. The van der Waals surface area contributed by atoms with Crippen molar-refractivity contribution < 1.29 is 9.53 Å². The third kappa shape index (κ3) is 5.57. The van der Waals surface area contributed by atoms with Crippen molar-refractivity contribution in [1.82, 2.24) is 14.9 Å². The van der Waals surface area contributed by atoms with E-state index < -0.39 is 0 Å². The monoisotopic (exact) mass is 444 g/mol. The zero-order chi connectivity index (χ0) is 23.2. The number of likely N-dealkylation sites (N-methyl/N-ethyl adjacent to an activating group) is 1. The van der Waals surface area contributed by atoms with Crippen molar-refractivity contribution in [3.05, 3.63) is 78.2 Å². The Kier molecular flexibility index (Phi) is 7.35. The Labute approximate surface area is 196 Å².